The molecule has 24 heavy (non-hydrogen) atoms. The number of anilines is 1. The molecule has 0 bridgehead atoms. The molecule has 3 N–H and O–H groups in total. The fourth-order valence-electron chi connectivity index (χ4n) is 3.00. The van der Waals surface area contributed by atoms with Gasteiger partial charge < -0.3 is 14.7 Å². The van der Waals surface area contributed by atoms with E-state index in [2.05, 4.69) is 31.9 Å². The molecule has 0 aromatic carbocycles. The van der Waals surface area contributed by atoms with Gasteiger partial charge in [-0.05, 0) is 25.3 Å². The van der Waals surface area contributed by atoms with E-state index >= 15 is 0 Å². The predicted octanol–water partition coefficient (Wildman–Crippen LogP) is 3.81. The number of H-pyrrole nitrogens is 1. The average Bonchev–Trinajstić information content (AvgIpc) is 3.23. The van der Waals surface area contributed by atoms with Crippen molar-refractivity contribution >= 4 is 28.7 Å². The van der Waals surface area contributed by atoms with Crippen molar-refractivity contribution < 1.29 is 4.42 Å². The molecule has 126 valence electrons. The van der Waals surface area contributed by atoms with Crippen molar-refractivity contribution in [2.75, 3.05) is 11.1 Å². The van der Waals surface area contributed by atoms with E-state index < -0.39 is 0 Å². The summed E-state index contributed by atoms with van der Waals surface area (Å²) >= 11 is 1.83. The first-order chi connectivity index (χ1) is 11.8. The third-order valence-electron chi connectivity index (χ3n) is 4.29. The molecule has 1 saturated carbocycles. The first-order valence-corrected chi connectivity index (χ1v) is 9.33. The molecule has 3 aromatic heterocycles. The molecule has 0 aliphatic heterocycles. The van der Waals surface area contributed by atoms with Crippen LogP contribution in [0.25, 0.3) is 22.5 Å². The molecule has 0 amide bonds. The van der Waals surface area contributed by atoms with Crippen LogP contribution < -0.4 is 10.0 Å². The van der Waals surface area contributed by atoms with Gasteiger partial charge in [-0.15, -0.1) is 0 Å². The third kappa shape index (κ3) is 3.01. The van der Waals surface area contributed by atoms with Gasteiger partial charge in [0.25, 0.3) is 0 Å². The van der Waals surface area contributed by atoms with E-state index in [0.29, 0.717) is 18.0 Å². The lowest BCUT2D eigenvalue weighted by Gasteiger charge is -2.37. The van der Waals surface area contributed by atoms with Gasteiger partial charge in [0.05, 0.1) is 17.4 Å². The molecule has 0 saturated heterocycles. The van der Waals surface area contributed by atoms with Crippen LogP contribution in [0.5, 0.6) is 0 Å². The van der Waals surface area contributed by atoms with Crippen LogP contribution >= 0.6 is 11.9 Å². The minimum absolute atomic E-state index is 0.457. The Morgan fingerprint density at radius 3 is 3.04 bits per heavy atom. The molecular weight excluding hydrogens is 322 g/mol. The Labute approximate surface area is 145 Å². The number of nitrogens with one attached hydrogen (secondary N) is 3. The van der Waals surface area contributed by atoms with Crippen LogP contribution in [0.15, 0.2) is 35.3 Å². The maximum atomic E-state index is 5.49. The van der Waals surface area contributed by atoms with Crippen LogP contribution in [-0.2, 0) is 0 Å². The highest BCUT2D eigenvalue weighted by Gasteiger charge is 2.30. The third-order valence-corrected chi connectivity index (χ3v) is 5.40. The quantitative estimate of drug-likeness (QED) is 0.447. The summed E-state index contributed by atoms with van der Waals surface area (Å²) in [6.07, 6.45) is 10.4. The molecule has 0 radical (unpaired) electrons. The summed E-state index contributed by atoms with van der Waals surface area (Å²) < 4.78 is 9.03. The number of hydrogen-bond donors (Lipinski definition) is 3. The number of hydrogen-bond acceptors (Lipinski definition) is 6. The van der Waals surface area contributed by atoms with Crippen LogP contribution in [0, 0.1) is 0 Å². The summed E-state index contributed by atoms with van der Waals surface area (Å²) in [5, 5.41) is 4.75. The zero-order valence-corrected chi connectivity index (χ0v) is 14.4. The summed E-state index contributed by atoms with van der Waals surface area (Å²) in [5.41, 5.74) is 2.83. The lowest BCUT2D eigenvalue weighted by Crippen LogP contribution is -2.45. The van der Waals surface area contributed by atoms with E-state index in [-0.39, 0.29) is 0 Å². The minimum Gasteiger partial charge on any atom is -0.444 e. The molecule has 1 aliphatic carbocycles. The number of oxazole rings is 1. The van der Waals surface area contributed by atoms with E-state index in [0.717, 1.165) is 40.9 Å². The molecule has 4 rings (SSSR count). The topological polar surface area (TPSA) is 78.8 Å². The van der Waals surface area contributed by atoms with E-state index in [4.69, 9.17) is 4.42 Å². The van der Waals surface area contributed by atoms with E-state index in [9.17, 15) is 0 Å². The van der Waals surface area contributed by atoms with Gasteiger partial charge in [-0.3, -0.25) is 4.72 Å². The number of aromatic nitrogens is 3. The fraction of sp³-hybridized carbons (Fsp3) is 0.412. The average molecular weight is 343 g/mol. The predicted molar refractivity (Wildman–Crippen MR) is 97.9 cm³/mol. The number of nitrogens with zero attached hydrogens (tertiary/aromatic N) is 2. The summed E-state index contributed by atoms with van der Waals surface area (Å²) in [7, 11) is 0. The smallest absolute Gasteiger partial charge is 0.229 e. The summed E-state index contributed by atoms with van der Waals surface area (Å²) in [6, 6.07) is 3.09. The Bertz CT molecular complexity index is 795. The number of aromatic amines is 1. The van der Waals surface area contributed by atoms with E-state index in [1.807, 2.05) is 30.4 Å². The summed E-state index contributed by atoms with van der Waals surface area (Å²) in [6.45, 7) is 2.20. The van der Waals surface area contributed by atoms with E-state index in [1.54, 1.807) is 12.5 Å². The van der Waals surface area contributed by atoms with E-state index in [1.165, 1.54) is 6.42 Å². The Hall–Kier alpha value is -1.99. The van der Waals surface area contributed by atoms with Gasteiger partial charge in [0.15, 0.2) is 0 Å². The highest BCUT2D eigenvalue weighted by molar-refractivity contribution is 7.97. The summed E-state index contributed by atoms with van der Waals surface area (Å²) in [5.74, 6) is 1.76. The molecule has 1 fully saturated rings. The Morgan fingerprint density at radius 2 is 2.25 bits per heavy atom. The van der Waals surface area contributed by atoms with Crippen molar-refractivity contribution in [1.29, 1.82) is 0 Å². The molecule has 7 heteroatoms. The first kappa shape index (κ1) is 15.5. The SMILES string of the molecule is CCCSNC1CC(Nc2c(-c3ncco3)cnc3[nH]ccc23)C1. The molecular formula is C17H21N5OS. The van der Waals surface area contributed by atoms with Crippen molar-refractivity contribution in [1.82, 2.24) is 19.7 Å². The standard InChI is InChI=1S/C17H21N5OS/c1-2-7-24-22-12-8-11(9-12)21-15-13-3-4-18-16(13)20-10-14(15)17-19-5-6-23-17/h3-6,10-12,22H,2,7-9H2,1H3,(H2,18,20,21). The highest BCUT2D eigenvalue weighted by atomic mass is 32.2. The second kappa shape index (κ2) is 6.86. The van der Waals surface area contributed by atoms with Crippen molar-refractivity contribution in [3.8, 4) is 11.5 Å². The van der Waals surface area contributed by atoms with Crippen molar-refractivity contribution in [2.45, 2.75) is 38.3 Å². The van der Waals surface area contributed by atoms with Crippen LogP contribution in [0.4, 0.5) is 5.69 Å². The lowest BCUT2D eigenvalue weighted by molar-refractivity contribution is 0.355. The summed E-state index contributed by atoms with van der Waals surface area (Å²) in [4.78, 5) is 11.9. The van der Waals surface area contributed by atoms with Crippen molar-refractivity contribution in [3.63, 3.8) is 0 Å². The molecule has 0 atom stereocenters. The second-order valence-electron chi connectivity index (χ2n) is 6.10. The zero-order valence-electron chi connectivity index (χ0n) is 13.6. The molecule has 6 nitrogen and oxygen atoms in total. The normalized spacial score (nSPS) is 20.2. The molecule has 3 heterocycles. The van der Waals surface area contributed by atoms with Crippen LogP contribution in [0.1, 0.15) is 26.2 Å². The number of fused-ring (bicyclic) bond motifs is 1. The van der Waals surface area contributed by atoms with Gasteiger partial charge in [0.1, 0.15) is 11.9 Å². The molecule has 0 spiro atoms. The Morgan fingerprint density at radius 1 is 1.33 bits per heavy atom. The van der Waals surface area contributed by atoms with Crippen molar-refractivity contribution in [2.24, 2.45) is 0 Å². The van der Waals surface area contributed by atoms with Crippen molar-refractivity contribution in [3.05, 3.63) is 30.9 Å². The van der Waals surface area contributed by atoms with Crippen LogP contribution in [0.3, 0.4) is 0 Å². The fourth-order valence-corrected chi connectivity index (χ4v) is 3.75. The van der Waals surface area contributed by atoms with Gasteiger partial charge >= 0.3 is 0 Å². The Balaban J connectivity index is 1.51. The van der Waals surface area contributed by atoms with Gasteiger partial charge in [-0.1, -0.05) is 18.9 Å². The molecule has 0 unspecified atom stereocenters. The lowest BCUT2D eigenvalue weighted by atomic mass is 9.87. The molecule has 1 aliphatic rings. The maximum absolute atomic E-state index is 5.49. The maximum Gasteiger partial charge on any atom is 0.229 e. The largest absolute Gasteiger partial charge is 0.444 e. The van der Waals surface area contributed by atoms with Gasteiger partial charge in [0, 0.05) is 35.6 Å². The zero-order chi connectivity index (χ0) is 16.4. The van der Waals surface area contributed by atoms with Crippen LogP contribution in [0.2, 0.25) is 0 Å². The monoisotopic (exact) mass is 343 g/mol. The number of pyridine rings is 1. The minimum atomic E-state index is 0.457. The van der Waals surface area contributed by atoms with Gasteiger partial charge in [0.2, 0.25) is 5.89 Å². The second-order valence-corrected chi connectivity index (χ2v) is 7.03. The van der Waals surface area contributed by atoms with Gasteiger partial charge in [-0.25, -0.2) is 9.97 Å². The van der Waals surface area contributed by atoms with Crippen LogP contribution in [-0.4, -0.2) is 32.8 Å². The molecule has 3 aromatic rings. The first-order valence-electron chi connectivity index (χ1n) is 8.35. The van der Waals surface area contributed by atoms with Gasteiger partial charge in [-0.2, -0.15) is 0 Å². The Kier molecular flexibility index (Phi) is 4.44. The number of rotatable bonds is 7. The highest BCUT2D eigenvalue weighted by Crippen LogP contribution is 2.35.